The van der Waals surface area contributed by atoms with E-state index in [1.54, 1.807) is 5.56 Å². The molecule has 4 bridgehead atoms. The molecule has 4 fully saturated rings. The maximum absolute atomic E-state index is 4.87. The highest BCUT2D eigenvalue weighted by Gasteiger charge is 2.51. The average molecular weight is 437 g/mol. The van der Waals surface area contributed by atoms with Crippen LogP contribution in [-0.2, 0) is 5.41 Å². The van der Waals surface area contributed by atoms with E-state index in [0.29, 0.717) is 5.41 Å². The second-order valence-electron chi connectivity index (χ2n) is 11.4. The number of nitrogens with zero attached hydrogens (tertiary/aromatic N) is 2. The van der Waals surface area contributed by atoms with Crippen LogP contribution in [0.4, 0.5) is 5.69 Å². The second-order valence-corrected chi connectivity index (χ2v) is 11.4. The van der Waals surface area contributed by atoms with Crippen LogP contribution in [0.2, 0.25) is 0 Å². The summed E-state index contributed by atoms with van der Waals surface area (Å²) < 4.78 is 2.36. The van der Waals surface area contributed by atoms with Gasteiger partial charge in [0, 0.05) is 28.9 Å². The number of aryl methyl sites for hydroxylation is 2. The summed E-state index contributed by atoms with van der Waals surface area (Å²) in [7, 11) is 0. The topological polar surface area (TPSA) is 17.3 Å². The summed E-state index contributed by atoms with van der Waals surface area (Å²) in [6.07, 6.45) is 10.8. The molecule has 0 spiro atoms. The van der Waals surface area contributed by atoms with Crippen LogP contribution in [0, 0.1) is 45.4 Å². The zero-order valence-corrected chi connectivity index (χ0v) is 20.6. The zero-order chi connectivity index (χ0) is 22.7. The van der Waals surface area contributed by atoms with Crippen molar-refractivity contribution in [2.24, 2.45) is 22.7 Å². The van der Waals surface area contributed by atoms with Crippen LogP contribution in [0.3, 0.4) is 0 Å². The lowest BCUT2D eigenvalue weighted by molar-refractivity contribution is -0.00518. The standard InChI is InChI=1S/C31H36N2/c1-20-6-5-7-30(22(20)3)33-21(2)12-27(23(33)4)19-32-29-10-8-28(9-11-29)31-16-24-13-25(17-31)15-26(14-24)18-31/h5-12,19,24-26H,13-18H2,1-4H3. The van der Waals surface area contributed by atoms with E-state index < -0.39 is 0 Å². The Morgan fingerprint density at radius 2 is 1.48 bits per heavy atom. The van der Waals surface area contributed by atoms with Gasteiger partial charge in [0.05, 0.1) is 5.69 Å². The van der Waals surface area contributed by atoms with Crippen LogP contribution >= 0.6 is 0 Å². The minimum atomic E-state index is 0.466. The molecule has 7 rings (SSSR count). The fourth-order valence-electron chi connectivity index (χ4n) is 7.78. The lowest BCUT2D eigenvalue weighted by atomic mass is 9.48. The molecule has 33 heavy (non-hydrogen) atoms. The Hall–Kier alpha value is -2.61. The first-order valence-electron chi connectivity index (χ1n) is 12.8. The van der Waals surface area contributed by atoms with Crippen molar-refractivity contribution < 1.29 is 0 Å². The van der Waals surface area contributed by atoms with Gasteiger partial charge in [0.25, 0.3) is 0 Å². The largest absolute Gasteiger partial charge is 0.318 e. The van der Waals surface area contributed by atoms with Crippen molar-refractivity contribution in [3.05, 3.63) is 82.2 Å². The van der Waals surface area contributed by atoms with Gasteiger partial charge >= 0.3 is 0 Å². The molecule has 0 radical (unpaired) electrons. The van der Waals surface area contributed by atoms with Crippen molar-refractivity contribution >= 4 is 11.9 Å². The van der Waals surface area contributed by atoms with Crippen LogP contribution in [0.1, 0.15) is 72.2 Å². The van der Waals surface area contributed by atoms with Gasteiger partial charge in [-0.15, -0.1) is 0 Å². The summed E-state index contributed by atoms with van der Waals surface area (Å²) in [5, 5.41) is 0. The number of aliphatic imine (C=N–C) groups is 1. The molecule has 0 aliphatic heterocycles. The Labute approximate surface area is 198 Å². The molecule has 4 aliphatic rings. The van der Waals surface area contributed by atoms with Crippen LogP contribution < -0.4 is 0 Å². The van der Waals surface area contributed by atoms with Crippen molar-refractivity contribution in [3.8, 4) is 5.69 Å². The summed E-state index contributed by atoms with van der Waals surface area (Å²) in [6, 6.07) is 18.1. The van der Waals surface area contributed by atoms with Gasteiger partial charge in [-0.2, -0.15) is 0 Å². The minimum Gasteiger partial charge on any atom is -0.318 e. The normalized spacial score (nSPS) is 28.2. The van der Waals surface area contributed by atoms with E-state index >= 15 is 0 Å². The van der Waals surface area contributed by atoms with Gasteiger partial charge in [-0.3, -0.25) is 4.99 Å². The lowest BCUT2D eigenvalue weighted by Crippen LogP contribution is -2.48. The molecular weight excluding hydrogens is 400 g/mol. The third-order valence-electron chi connectivity index (χ3n) is 9.16. The van der Waals surface area contributed by atoms with Gasteiger partial charge in [-0.05, 0) is 130 Å². The molecule has 0 atom stereocenters. The number of aromatic nitrogens is 1. The van der Waals surface area contributed by atoms with E-state index in [0.717, 1.165) is 23.4 Å². The van der Waals surface area contributed by atoms with E-state index in [4.69, 9.17) is 4.99 Å². The molecule has 0 N–H and O–H groups in total. The molecule has 0 unspecified atom stereocenters. The highest BCUT2D eigenvalue weighted by Crippen LogP contribution is 2.60. The molecule has 4 saturated carbocycles. The van der Waals surface area contributed by atoms with Crippen molar-refractivity contribution in [1.29, 1.82) is 0 Å². The molecule has 1 aromatic heterocycles. The number of hydrogen-bond donors (Lipinski definition) is 0. The molecule has 4 aliphatic carbocycles. The van der Waals surface area contributed by atoms with Gasteiger partial charge in [0.1, 0.15) is 0 Å². The molecule has 2 aromatic carbocycles. The van der Waals surface area contributed by atoms with Crippen molar-refractivity contribution in [3.63, 3.8) is 0 Å². The van der Waals surface area contributed by atoms with Gasteiger partial charge in [0.15, 0.2) is 0 Å². The van der Waals surface area contributed by atoms with Gasteiger partial charge in [-0.1, -0.05) is 24.3 Å². The molecular formula is C31H36N2. The summed E-state index contributed by atoms with van der Waals surface area (Å²) in [4.78, 5) is 4.87. The molecule has 1 heterocycles. The Kier molecular flexibility index (Phi) is 4.90. The van der Waals surface area contributed by atoms with Crippen molar-refractivity contribution in [2.75, 3.05) is 0 Å². The maximum Gasteiger partial charge on any atom is 0.0630 e. The first kappa shape index (κ1) is 21.0. The fraction of sp³-hybridized carbons (Fsp3) is 0.452. The predicted octanol–water partition coefficient (Wildman–Crippen LogP) is 7.93. The zero-order valence-electron chi connectivity index (χ0n) is 20.6. The third-order valence-corrected chi connectivity index (χ3v) is 9.16. The average Bonchev–Trinajstić information content (AvgIpc) is 3.07. The minimum absolute atomic E-state index is 0.466. The van der Waals surface area contributed by atoms with Crippen LogP contribution in [0.15, 0.2) is 53.5 Å². The lowest BCUT2D eigenvalue weighted by Gasteiger charge is -2.57. The Morgan fingerprint density at radius 3 is 2.12 bits per heavy atom. The van der Waals surface area contributed by atoms with E-state index in [9.17, 15) is 0 Å². The quantitative estimate of drug-likeness (QED) is 0.369. The Bertz CT molecular complexity index is 1190. The molecule has 3 aromatic rings. The van der Waals surface area contributed by atoms with E-state index in [1.165, 1.54) is 72.3 Å². The smallest absolute Gasteiger partial charge is 0.0630 e. The van der Waals surface area contributed by atoms with Crippen LogP contribution in [-0.4, -0.2) is 10.8 Å². The van der Waals surface area contributed by atoms with E-state index in [1.807, 2.05) is 6.21 Å². The summed E-state index contributed by atoms with van der Waals surface area (Å²) in [5.41, 5.74) is 10.7. The second kappa shape index (κ2) is 7.72. The van der Waals surface area contributed by atoms with Gasteiger partial charge < -0.3 is 4.57 Å². The number of hydrogen-bond acceptors (Lipinski definition) is 1. The van der Waals surface area contributed by atoms with Crippen molar-refractivity contribution in [2.45, 2.75) is 71.6 Å². The number of benzene rings is 2. The Balaban J connectivity index is 1.25. The maximum atomic E-state index is 4.87. The van der Waals surface area contributed by atoms with Crippen molar-refractivity contribution in [1.82, 2.24) is 4.57 Å². The van der Waals surface area contributed by atoms with Gasteiger partial charge in [-0.25, -0.2) is 0 Å². The SMILES string of the molecule is Cc1cccc(-n2c(C)cc(C=Nc3ccc(C45CC6CC(CC(C6)C4)C5)cc3)c2C)c1C. The Morgan fingerprint density at radius 1 is 0.848 bits per heavy atom. The predicted molar refractivity (Wildman–Crippen MR) is 138 cm³/mol. The third kappa shape index (κ3) is 3.50. The van der Waals surface area contributed by atoms with Gasteiger partial charge in [0.2, 0.25) is 0 Å². The van der Waals surface area contributed by atoms with E-state index in [-0.39, 0.29) is 0 Å². The highest BCUT2D eigenvalue weighted by molar-refractivity contribution is 5.84. The molecule has 2 heteroatoms. The van der Waals surface area contributed by atoms with Crippen LogP contribution in [0.25, 0.3) is 5.69 Å². The number of rotatable bonds is 4. The monoisotopic (exact) mass is 436 g/mol. The summed E-state index contributed by atoms with van der Waals surface area (Å²) in [5.74, 6) is 2.96. The molecule has 170 valence electrons. The summed E-state index contributed by atoms with van der Waals surface area (Å²) in [6.45, 7) is 8.78. The highest BCUT2D eigenvalue weighted by atomic mass is 15.0. The molecule has 2 nitrogen and oxygen atoms in total. The first-order valence-corrected chi connectivity index (χ1v) is 12.8. The van der Waals surface area contributed by atoms with Crippen LogP contribution in [0.5, 0.6) is 0 Å². The fourth-order valence-corrected chi connectivity index (χ4v) is 7.78. The summed E-state index contributed by atoms with van der Waals surface area (Å²) >= 11 is 0. The van der Waals surface area contributed by atoms with E-state index in [2.05, 4.69) is 80.8 Å². The molecule has 0 amide bonds. The molecule has 0 saturated heterocycles. The first-order chi connectivity index (χ1) is 15.9.